The van der Waals surface area contributed by atoms with E-state index in [1.807, 2.05) is 74.5 Å². The normalized spacial score (nSPS) is 16.0. The minimum Gasteiger partial charge on any atom is -0.480 e. The van der Waals surface area contributed by atoms with Gasteiger partial charge >= 0.3 is 12.1 Å². The van der Waals surface area contributed by atoms with Crippen LogP contribution in [0.4, 0.5) is 4.79 Å². The SMILES string of the molecule is CC(C)C[C@H](NC(=O)[C@H](Cc1ccccc1)NC(=O)OCc1ccccc1)C(=O)NCC(=O)N1CCC[C@H]1C(=O)O. The lowest BCUT2D eigenvalue weighted by atomic mass is 10.0. The standard InChI is InChI=1S/C30H38N4O7/c1-20(2)16-23(27(36)31-18-26(35)34-15-9-14-25(34)29(38)39)32-28(37)24(17-21-10-5-3-6-11-21)33-30(40)41-19-22-12-7-4-8-13-22/h3-8,10-13,20,23-25H,9,14-19H2,1-2H3,(H,31,36)(H,32,37)(H,33,40)(H,38,39)/t23-,24-,25-/m0/s1. The van der Waals surface area contributed by atoms with Crippen LogP contribution >= 0.6 is 0 Å². The van der Waals surface area contributed by atoms with Gasteiger partial charge in [-0.3, -0.25) is 14.4 Å². The average molecular weight is 567 g/mol. The van der Waals surface area contributed by atoms with Crippen molar-refractivity contribution < 1.29 is 33.8 Å². The van der Waals surface area contributed by atoms with E-state index in [1.165, 1.54) is 4.90 Å². The van der Waals surface area contributed by atoms with Crippen molar-refractivity contribution in [1.29, 1.82) is 0 Å². The maximum Gasteiger partial charge on any atom is 0.408 e. The van der Waals surface area contributed by atoms with Crippen molar-refractivity contribution in [2.75, 3.05) is 13.1 Å². The summed E-state index contributed by atoms with van der Waals surface area (Å²) in [5, 5.41) is 17.2. The van der Waals surface area contributed by atoms with Crippen LogP contribution < -0.4 is 16.0 Å². The van der Waals surface area contributed by atoms with Crippen LogP contribution in [0.2, 0.25) is 0 Å². The number of carbonyl (C=O) groups excluding carboxylic acids is 4. The van der Waals surface area contributed by atoms with Crippen LogP contribution in [0.25, 0.3) is 0 Å². The highest BCUT2D eigenvalue weighted by Crippen LogP contribution is 2.17. The van der Waals surface area contributed by atoms with Gasteiger partial charge in [0.1, 0.15) is 24.7 Å². The first-order valence-corrected chi connectivity index (χ1v) is 13.8. The lowest BCUT2D eigenvalue weighted by Crippen LogP contribution is -2.55. The predicted octanol–water partition coefficient (Wildman–Crippen LogP) is 2.25. The van der Waals surface area contributed by atoms with E-state index in [1.54, 1.807) is 0 Å². The fourth-order valence-electron chi connectivity index (χ4n) is 4.65. The molecule has 0 unspecified atom stereocenters. The topological polar surface area (TPSA) is 154 Å². The fourth-order valence-corrected chi connectivity index (χ4v) is 4.65. The number of benzene rings is 2. The third-order valence-electron chi connectivity index (χ3n) is 6.72. The van der Waals surface area contributed by atoms with E-state index >= 15 is 0 Å². The Morgan fingerprint density at radius 1 is 0.902 bits per heavy atom. The highest BCUT2D eigenvalue weighted by atomic mass is 16.5. The van der Waals surface area contributed by atoms with E-state index in [0.717, 1.165) is 11.1 Å². The van der Waals surface area contributed by atoms with Gasteiger partial charge in [0.15, 0.2) is 0 Å². The number of nitrogens with zero attached hydrogens (tertiary/aromatic N) is 1. The van der Waals surface area contributed by atoms with E-state index < -0.39 is 47.9 Å². The molecule has 1 heterocycles. The van der Waals surface area contributed by atoms with Crippen molar-refractivity contribution in [3.63, 3.8) is 0 Å². The summed E-state index contributed by atoms with van der Waals surface area (Å²) >= 11 is 0. The zero-order valence-corrected chi connectivity index (χ0v) is 23.4. The van der Waals surface area contributed by atoms with E-state index in [0.29, 0.717) is 19.4 Å². The summed E-state index contributed by atoms with van der Waals surface area (Å²) in [5.74, 6) is -2.71. The average Bonchev–Trinajstić information content (AvgIpc) is 3.45. The van der Waals surface area contributed by atoms with Crippen molar-refractivity contribution in [3.05, 3.63) is 71.8 Å². The van der Waals surface area contributed by atoms with Crippen LogP contribution in [-0.2, 0) is 36.9 Å². The fraction of sp³-hybridized carbons (Fsp3) is 0.433. The Bertz CT molecular complexity index is 1190. The first-order valence-electron chi connectivity index (χ1n) is 13.8. The number of aliphatic carboxylic acids is 1. The van der Waals surface area contributed by atoms with Gasteiger partial charge < -0.3 is 30.7 Å². The summed E-state index contributed by atoms with van der Waals surface area (Å²) in [7, 11) is 0. The second-order valence-electron chi connectivity index (χ2n) is 10.4. The number of amides is 4. The van der Waals surface area contributed by atoms with Gasteiger partial charge in [0.25, 0.3) is 0 Å². The zero-order valence-electron chi connectivity index (χ0n) is 23.4. The number of carbonyl (C=O) groups is 5. The van der Waals surface area contributed by atoms with Gasteiger partial charge in [-0.15, -0.1) is 0 Å². The summed E-state index contributed by atoms with van der Waals surface area (Å²) in [6, 6.07) is 15.3. The molecule has 0 radical (unpaired) electrons. The smallest absolute Gasteiger partial charge is 0.408 e. The number of carboxylic acid groups (broad SMARTS) is 1. The molecule has 2 aromatic rings. The molecule has 220 valence electrons. The number of carboxylic acids is 1. The number of hydrogen-bond donors (Lipinski definition) is 4. The molecule has 1 fully saturated rings. The molecule has 4 N–H and O–H groups in total. The Morgan fingerprint density at radius 3 is 2.15 bits per heavy atom. The third kappa shape index (κ3) is 9.93. The Labute approximate surface area is 239 Å². The minimum absolute atomic E-state index is 0.0214. The molecule has 3 atom stereocenters. The van der Waals surface area contributed by atoms with Crippen LogP contribution in [-0.4, -0.2) is 71.0 Å². The number of likely N-dealkylation sites (tertiary alicyclic amines) is 1. The summed E-state index contributed by atoms with van der Waals surface area (Å²) < 4.78 is 5.31. The predicted molar refractivity (Wildman–Crippen MR) is 150 cm³/mol. The van der Waals surface area contributed by atoms with Gasteiger partial charge in [-0.05, 0) is 36.3 Å². The number of nitrogens with one attached hydrogen (secondary N) is 3. The van der Waals surface area contributed by atoms with Crippen LogP contribution in [0.1, 0.15) is 44.2 Å². The number of hydrogen-bond acceptors (Lipinski definition) is 6. The van der Waals surface area contributed by atoms with Gasteiger partial charge in [-0.25, -0.2) is 9.59 Å². The molecule has 1 saturated heterocycles. The summed E-state index contributed by atoms with van der Waals surface area (Å²) in [6.45, 7) is 3.73. The van der Waals surface area contributed by atoms with Gasteiger partial charge in [0.2, 0.25) is 17.7 Å². The molecule has 0 bridgehead atoms. The second kappa shape index (κ2) is 15.4. The van der Waals surface area contributed by atoms with Crippen molar-refractivity contribution in [2.24, 2.45) is 5.92 Å². The van der Waals surface area contributed by atoms with Gasteiger partial charge in [0.05, 0.1) is 6.54 Å². The molecule has 11 heteroatoms. The molecule has 1 aliphatic heterocycles. The van der Waals surface area contributed by atoms with Crippen molar-refractivity contribution >= 4 is 29.8 Å². The lowest BCUT2D eigenvalue weighted by molar-refractivity contribution is -0.148. The largest absolute Gasteiger partial charge is 0.480 e. The van der Waals surface area contributed by atoms with E-state index in [-0.39, 0.29) is 31.9 Å². The summed E-state index contributed by atoms with van der Waals surface area (Å²) in [6.07, 6.45) is 0.604. The molecule has 3 rings (SSSR count). The maximum absolute atomic E-state index is 13.4. The van der Waals surface area contributed by atoms with E-state index in [4.69, 9.17) is 4.74 Å². The Kier molecular flexibility index (Phi) is 11.7. The quantitative estimate of drug-likeness (QED) is 0.290. The first kappa shape index (κ1) is 31.1. The number of alkyl carbamates (subject to hydrolysis) is 1. The second-order valence-corrected chi connectivity index (χ2v) is 10.4. The van der Waals surface area contributed by atoms with Crippen molar-refractivity contribution in [2.45, 2.75) is 64.3 Å². The maximum atomic E-state index is 13.4. The molecule has 0 saturated carbocycles. The molecule has 0 aromatic heterocycles. The highest BCUT2D eigenvalue weighted by Gasteiger charge is 2.34. The number of rotatable bonds is 13. The Morgan fingerprint density at radius 2 is 1.54 bits per heavy atom. The molecular weight excluding hydrogens is 528 g/mol. The lowest BCUT2D eigenvalue weighted by Gasteiger charge is -2.25. The molecule has 4 amide bonds. The monoisotopic (exact) mass is 566 g/mol. The van der Waals surface area contributed by atoms with Gasteiger partial charge in [0, 0.05) is 13.0 Å². The van der Waals surface area contributed by atoms with Crippen LogP contribution in [0.5, 0.6) is 0 Å². The molecule has 1 aliphatic rings. The van der Waals surface area contributed by atoms with E-state index in [2.05, 4.69) is 16.0 Å². The van der Waals surface area contributed by atoms with Crippen molar-refractivity contribution in [3.8, 4) is 0 Å². The Hall–Kier alpha value is -4.41. The van der Waals surface area contributed by atoms with Crippen LogP contribution in [0.15, 0.2) is 60.7 Å². The van der Waals surface area contributed by atoms with Crippen molar-refractivity contribution in [1.82, 2.24) is 20.9 Å². The van der Waals surface area contributed by atoms with Crippen LogP contribution in [0, 0.1) is 5.92 Å². The molecular formula is C30H38N4O7. The third-order valence-corrected chi connectivity index (χ3v) is 6.72. The highest BCUT2D eigenvalue weighted by molar-refractivity contribution is 5.93. The molecule has 41 heavy (non-hydrogen) atoms. The zero-order chi connectivity index (χ0) is 29.8. The van der Waals surface area contributed by atoms with Crippen LogP contribution in [0.3, 0.4) is 0 Å². The summed E-state index contributed by atoms with van der Waals surface area (Å²) in [5.41, 5.74) is 1.59. The molecule has 0 aliphatic carbocycles. The molecule has 0 spiro atoms. The summed E-state index contributed by atoms with van der Waals surface area (Å²) in [4.78, 5) is 64.4. The van der Waals surface area contributed by atoms with Gasteiger partial charge in [-0.2, -0.15) is 0 Å². The molecule has 11 nitrogen and oxygen atoms in total. The molecule has 2 aromatic carbocycles. The van der Waals surface area contributed by atoms with Gasteiger partial charge in [-0.1, -0.05) is 74.5 Å². The first-order chi connectivity index (χ1) is 19.6. The minimum atomic E-state index is -1.08. The number of ether oxygens (including phenoxy) is 1. The van der Waals surface area contributed by atoms with E-state index in [9.17, 15) is 29.1 Å². The Balaban J connectivity index is 1.65.